The number of aromatic nitrogens is 3. The second kappa shape index (κ2) is 2.56. The summed E-state index contributed by atoms with van der Waals surface area (Å²) >= 11 is 0. The molecule has 0 amide bonds. The quantitative estimate of drug-likeness (QED) is 0.657. The molecule has 70 valence electrons. The van der Waals surface area contributed by atoms with Crippen molar-refractivity contribution in [3.63, 3.8) is 0 Å². The van der Waals surface area contributed by atoms with Gasteiger partial charge in [0.2, 0.25) is 0 Å². The van der Waals surface area contributed by atoms with Gasteiger partial charge in [-0.25, -0.2) is 9.67 Å². The van der Waals surface area contributed by atoms with Crippen LogP contribution >= 0.6 is 0 Å². The second-order valence-corrected chi connectivity index (χ2v) is 4.35. The molecule has 1 aromatic rings. The van der Waals surface area contributed by atoms with Crippen molar-refractivity contribution >= 4 is 0 Å². The first kappa shape index (κ1) is 7.54. The van der Waals surface area contributed by atoms with Crippen LogP contribution < -0.4 is 0 Å². The van der Waals surface area contributed by atoms with E-state index in [0.717, 1.165) is 12.2 Å². The van der Waals surface area contributed by atoms with E-state index in [2.05, 4.69) is 21.7 Å². The van der Waals surface area contributed by atoms with Gasteiger partial charge in [-0.15, -0.1) is 0 Å². The van der Waals surface area contributed by atoms with Crippen LogP contribution in [0, 0.1) is 0 Å². The third-order valence-corrected chi connectivity index (χ3v) is 3.10. The van der Waals surface area contributed by atoms with E-state index < -0.39 is 0 Å². The second-order valence-electron chi connectivity index (χ2n) is 4.35. The minimum atomic E-state index is 0.573. The molecule has 1 aromatic heterocycles. The smallest absolute Gasteiger partial charge is 0.154 e. The standard InChI is InChI=1S/C10H15N3/c1-7-3-2-4-9-11-10(8-5-6-8)12-13(7)9/h7-8H,2-6H2,1H3. The van der Waals surface area contributed by atoms with Crippen molar-refractivity contribution in [1.82, 2.24) is 14.8 Å². The van der Waals surface area contributed by atoms with E-state index in [1.807, 2.05) is 0 Å². The lowest BCUT2D eigenvalue weighted by Gasteiger charge is -2.18. The predicted octanol–water partition coefficient (Wildman–Crippen LogP) is 2.05. The lowest BCUT2D eigenvalue weighted by Crippen LogP contribution is -2.16. The molecule has 1 aliphatic heterocycles. The Kier molecular flexibility index (Phi) is 1.49. The first-order valence-electron chi connectivity index (χ1n) is 5.30. The van der Waals surface area contributed by atoms with Gasteiger partial charge < -0.3 is 0 Å². The molecular weight excluding hydrogens is 162 g/mol. The molecule has 1 atom stereocenters. The normalized spacial score (nSPS) is 27.3. The highest BCUT2D eigenvalue weighted by Crippen LogP contribution is 2.39. The summed E-state index contributed by atoms with van der Waals surface area (Å²) in [6, 6.07) is 0.573. The average molecular weight is 177 g/mol. The summed E-state index contributed by atoms with van der Waals surface area (Å²) in [6.07, 6.45) is 6.28. The molecule has 3 nitrogen and oxygen atoms in total. The zero-order valence-electron chi connectivity index (χ0n) is 8.03. The van der Waals surface area contributed by atoms with Crippen LogP contribution in [0.2, 0.25) is 0 Å². The molecule has 3 rings (SSSR count). The first-order chi connectivity index (χ1) is 6.34. The Morgan fingerprint density at radius 1 is 1.31 bits per heavy atom. The molecule has 0 bridgehead atoms. The third kappa shape index (κ3) is 1.18. The van der Waals surface area contributed by atoms with E-state index in [1.165, 1.54) is 31.5 Å². The molecule has 3 heteroatoms. The van der Waals surface area contributed by atoms with Crippen LogP contribution in [-0.4, -0.2) is 14.8 Å². The van der Waals surface area contributed by atoms with Crippen molar-refractivity contribution in [3.8, 4) is 0 Å². The monoisotopic (exact) mass is 177 g/mol. The van der Waals surface area contributed by atoms with Gasteiger partial charge in [0.15, 0.2) is 5.82 Å². The number of hydrogen-bond donors (Lipinski definition) is 0. The Labute approximate surface area is 78.2 Å². The summed E-state index contributed by atoms with van der Waals surface area (Å²) in [5, 5.41) is 4.60. The van der Waals surface area contributed by atoms with Crippen LogP contribution in [0.4, 0.5) is 0 Å². The van der Waals surface area contributed by atoms with Crippen LogP contribution in [0.1, 0.15) is 56.2 Å². The van der Waals surface area contributed by atoms with Crippen molar-refractivity contribution in [1.29, 1.82) is 0 Å². The fraction of sp³-hybridized carbons (Fsp3) is 0.800. The molecule has 1 unspecified atom stereocenters. The molecule has 0 spiro atoms. The Morgan fingerprint density at radius 2 is 2.15 bits per heavy atom. The highest BCUT2D eigenvalue weighted by atomic mass is 15.4. The molecule has 2 aliphatic rings. The molecule has 0 radical (unpaired) electrons. The van der Waals surface area contributed by atoms with Gasteiger partial charge >= 0.3 is 0 Å². The Morgan fingerprint density at radius 3 is 2.85 bits per heavy atom. The van der Waals surface area contributed by atoms with Gasteiger partial charge in [-0.1, -0.05) is 0 Å². The molecule has 1 saturated carbocycles. The van der Waals surface area contributed by atoms with Crippen molar-refractivity contribution in [2.45, 2.75) is 51.0 Å². The number of nitrogens with zero attached hydrogens (tertiary/aromatic N) is 3. The molecule has 0 aromatic carbocycles. The minimum absolute atomic E-state index is 0.573. The van der Waals surface area contributed by atoms with Gasteiger partial charge in [-0.05, 0) is 32.6 Å². The van der Waals surface area contributed by atoms with Crippen LogP contribution in [0.5, 0.6) is 0 Å². The van der Waals surface area contributed by atoms with Crippen LogP contribution in [0.25, 0.3) is 0 Å². The number of aryl methyl sites for hydroxylation is 1. The molecule has 1 aliphatic carbocycles. The molecule has 0 N–H and O–H groups in total. The SMILES string of the molecule is CC1CCCc2nc(C3CC3)nn21. The summed E-state index contributed by atoms with van der Waals surface area (Å²) in [7, 11) is 0. The summed E-state index contributed by atoms with van der Waals surface area (Å²) in [6.45, 7) is 2.24. The van der Waals surface area contributed by atoms with Gasteiger partial charge in [0.05, 0.1) is 6.04 Å². The fourth-order valence-electron chi connectivity index (χ4n) is 2.09. The highest BCUT2D eigenvalue weighted by molar-refractivity contribution is 5.07. The van der Waals surface area contributed by atoms with Gasteiger partial charge in [-0.3, -0.25) is 0 Å². The van der Waals surface area contributed by atoms with Crippen molar-refractivity contribution in [3.05, 3.63) is 11.6 Å². The Hall–Kier alpha value is -0.860. The van der Waals surface area contributed by atoms with Gasteiger partial charge in [0.1, 0.15) is 5.82 Å². The maximum Gasteiger partial charge on any atom is 0.154 e. The lowest BCUT2D eigenvalue weighted by atomic mass is 10.1. The Bertz CT molecular complexity index is 325. The van der Waals surface area contributed by atoms with Crippen LogP contribution in [0.3, 0.4) is 0 Å². The van der Waals surface area contributed by atoms with E-state index in [-0.39, 0.29) is 0 Å². The number of hydrogen-bond acceptors (Lipinski definition) is 2. The fourth-order valence-corrected chi connectivity index (χ4v) is 2.09. The van der Waals surface area contributed by atoms with E-state index >= 15 is 0 Å². The van der Waals surface area contributed by atoms with Gasteiger partial charge in [-0.2, -0.15) is 5.10 Å². The van der Waals surface area contributed by atoms with E-state index in [9.17, 15) is 0 Å². The maximum atomic E-state index is 4.62. The first-order valence-corrected chi connectivity index (χ1v) is 5.30. The summed E-state index contributed by atoms with van der Waals surface area (Å²) in [5.74, 6) is 3.04. The summed E-state index contributed by atoms with van der Waals surface area (Å²) in [4.78, 5) is 4.62. The highest BCUT2D eigenvalue weighted by Gasteiger charge is 2.30. The predicted molar refractivity (Wildman–Crippen MR) is 49.6 cm³/mol. The van der Waals surface area contributed by atoms with E-state index in [1.54, 1.807) is 0 Å². The average Bonchev–Trinajstić information content (AvgIpc) is 2.87. The Balaban J connectivity index is 1.99. The largest absolute Gasteiger partial charge is 0.247 e. The van der Waals surface area contributed by atoms with Crippen LogP contribution in [-0.2, 0) is 6.42 Å². The van der Waals surface area contributed by atoms with Crippen molar-refractivity contribution in [2.24, 2.45) is 0 Å². The van der Waals surface area contributed by atoms with E-state index in [4.69, 9.17) is 0 Å². The van der Waals surface area contributed by atoms with Gasteiger partial charge in [0, 0.05) is 12.3 Å². The summed E-state index contributed by atoms with van der Waals surface area (Å²) in [5.41, 5.74) is 0. The zero-order valence-corrected chi connectivity index (χ0v) is 8.03. The number of rotatable bonds is 1. The van der Waals surface area contributed by atoms with Crippen LogP contribution in [0.15, 0.2) is 0 Å². The minimum Gasteiger partial charge on any atom is -0.247 e. The molecule has 13 heavy (non-hydrogen) atoms. The van der Waals surface area contributed by atoms with Crippen molar-refractivity contribution < 1.29 is 0 Å². The molecular formula is C10H15N3. The number of fused-ring (bicyclic) bond motifs is 1. The lowest BCUT2D eigenvalue weighted by molar-refractivity contribution is 0.387. The molecule has 2 heterocycles. The summed E-state index contributed by atoms with van der Waals surface area (Å²) < 4.78 is 2.15. The maximum absolute atomic E-state index is 4.62. The van der Waals surface area contributed by atoms with E-state index in [0.29, 0.717) is 12.0 Å². The van der Waals surface area contributed by atoms with Crippen molar-refractivity contribution in [2.75, 3.05) is 0 Å². The topological polar surface area (TPSA) is 30.7 Å². The third-order valence-electron chi connectivity index (χ3n) is 3.10. The molecule has 0 saturated heterocycles. The van der Waals surface area contributed by atoms with Gasteiger partial charge in [0.25, 0.3) is 0 Å². The molecule has 1 fully saturated rings. The zero-order chi connectivity index (χ0) is 8.84.